The van der Waals surface area contributed by atoms with Gasteiger partial charge in [-0.05, 0) is 192 Å². The van der Waals surface area contributed by atoms with E-state index in [1.54, 1.807) is 40.5 Å². The number of nitrogens with two attached hydrogens (primary N) is 6. The number of nitrogens with zero attached hydrogens (tertiary/aromatic N) is 3. The lowest BCUT2D eigenvalue weighted by Gasteiger charge is -2.27. The van der Waals surface area contributed by atoms with Crippen molar-refractivity contribution in [2.45, 2.75) is 239 Å². The van der Waals surface area contributed by atoms with Crippen LogP contribution in [0.1, 0.15) is 233 Å². The number of halogens is 6. The Balaban J connectivity index is 0.000000233. The molecule has 8 aromatic rings. The first kappa shape index (κ1) is 88.8. The Kier molecular flexibility index (Phi) is 28.8. The van der Waals surface area contributed by atoms with E-state index in [0.717, 1.165) is 116 Å². The van der Waals surface area contributed by atoms with Gasteiger partial charge in [0.25, 0.3) is 0 Å². The van der Waals surface area contributed by atoms with Gasteiger partial charge in [0.1, 0.15) is 5.60 Å². The summed E-state index contributed by atoms with van der Waals surface area (Å²) in [5.41, 5.74) is 44.8. The average molecular weight is 1480 g/mol. The van der Waals surface area contributed by atoms with Crippen LogP contribution in [0.15, 0.2) is 152 Å². The van der Waals surface area contributed by atoms with Crippen molar-refractivity contribution in [1.29, 1.82) is 0 Å². The van der Waals surface area contributed by atoms with Crippen molar-refractivity contribution >= 4 is 34.1 Å². The number of anilines is 6. The molecule has 2 fully saturated rings. The summed E-state index contributed by atoms with van der Waals surface area (Å²) in [5, 5.41) is 32.8. The van der Waals surface area contributed by atoms with E-state index >= 15 is 0 Å². The SMILES string of the molecule is CC(C)(C)c1cc(C#CC(O)(C(F)(F)F)C(F)(F)F)ccc1N.CC(C)(C)c1cc(C#CCC2(O)CC2)ccc1N.CC(C)(C)c1cc(C#CCC2CC2)ccc1N.CC(C)(C)c1nc(-c2ccccc2)ccc1N.CC(C)(C)c1nn(-c2ccccc2)cc1N.CC(C)(O)C#Cc1ccc(N)c(C(C)(C)C)c1. The molecule has 10 rings (SSSR count). The second-order valence-corrected chi connectivity index (χ2v) is 34.3. The first-order chi connectivity index (χ1) is 49.4. The van der Waals surface area contributed by atoms with E-state index in [2.05, 4.69) is 174 Å². The zero-order valence-corrected chi connectivity index (χ0v) is 66.7. The third-order valence-electron chi connectivity index (χ3n) is 17.1. The standard InChI is InChI=1S/C16H21NO.C16H21N.C15H15F6NO.C15H18N2.C15H21NO.C13H17N3/c1-15(2,3)13-11-12(6-7-14(13)17)5-4-8-16(18)9-10-16;1-16(2,3)14-11-13(9-10-15(14)17)6-4-5-12-7-8-12;1-12(2,3)10-8-9(4-5-11(10)22)6-7-13(23,14(16,17)18)15(19,20)21;1-15(2,3)14-12(16)9-10-13(17-14)11-7-5-4-6-8-11;1-14(2,3)12-10-11(6-7-13(12)16)8-9-15(4,5)17;1-13(2,3)12-11(14)9-16(15-12)10-7-5-4-6-8-10/h6-7,11,18H,8-10,17H2,1-3H3;9-12H,5,7-8,17H2,1-3H3;4-5,8,23H,22H2,1-3H3;4-10H,16H2,1-3H3;6-7,10,17H,16H2,1-5H3;4-9H,14H2,1-3H3. The van der Waals surface area contributed by atoms with E-state index in [0.29, 0.717) is 17.7 Å². The second kappa shape index (κ2) is 35.0. The maximum atomic E-state index is 12.5. The summed E-state index contributed by atoms with van der Waals surface area (Å²) in [5.74, 6) is 22.0. The molecule has 578 valence electrons. The molecule has 2 aliphatic rings. The van der Waals surface area contributed by atoms with E-state index < -0.39 is 34.6 Å². The number of hydrogen-bond acceptors (Lipinski definition) is 11. The molecule has 12 nitrogen and oxygen atoms in total. The monoisotopic (exact) mass is 1480 g/mol. The fourth-order valence-electron chi connectivity index (χ4n) is 10.6. The quantitative estimate of drug-likeness (QED) is 0.0455. The highest BCUT2D eigenvalue weighted by molar-refractivity contribution is 5.63. The minimum absolute atomic E-state index is 0.00347. The molecule has 0 radical (unpaired) electrons. The van der Waals surface area contributed by atoms with Crippen LogP contribution < -0.4 is 34.4 Å². The van der Waals surface area contributed by atoms with Gasteiger partial charge in [-0.15, -0.1) is 0 Å². The van der Waals surface area contributed by atoms with Crippen LogP contribution in [0.3, 0.4) is 0 Å². The van der Waals surface area contributed by atoms with E-state index in [9.17, 15) is 36.6 Å². The molecule has 6 aromatic carbocycles. The maximum Gasteiger partial charge on any atom is 0.438 e. The van der Waals surface area contributed by atoms with Gasteiger partial charge in [0.15, 0.2) is 0 Å². The smallest absolute Gasteiger partial charge is 0.398 e. The van der Waals surface area contributed by atoms with Gasteiger partial charge in [-0.25, -0.2) is 4.68 Å². The topological polar surface area (TPSA) is 248 Å². The van der Waals surface area contributed by atoms with E-state index in [1.807, 2.05) is 114 Å². The molecule has 0 spiro atoms. The summed E-state index contributed by atoms with van der Waals surface area (Å²) in [4.78, 5) is 4.69. The van der Waals surface area contributed by atoms with Gasteiger partial charge in [-0.2, -0.15) is 31.4 Å². The van der Waals surface area contributed by atoms with Crippen LogP contribution in [-0.4, -0.2) is 59.2 Å². The van der Waals surface area contributed by atoms with Gasteiger partial charge in [-0.1, -0.05) is 215 Å². The Labute approximate surface area is 638 Å². The second-order valence-electron chi connectivity index (χ2n) is 34.3. The summed E-state index contributed by atoms with van der Waals surface area (Å²) in [6.07, 6.45) is -3.95. The Bertz CT molecular complexity index is 4590. The molecule has 2 aliphatic carbocycles. The Morgan fingerprint density at radius 2 is 0.787 bits per heavy atom. The molecule has 108 heavy (non-hydrogen) atoms. The van der Waals surface area contributed by atoms with Crippen LogP contribution in [0, 0.1) is 53.3 Å². The van der Waals surface area contributed by atoms with Gasteiger partial charge in [0, 0.05) is 74.2 Å². The minimum Gasteiger partial charge on any atom is -0.398 e. The van der Waals surface area contributed by atoms with Crippen molar-refractivity contribution in [2.75, 3.05) is 34.4 Å². The van der Waals surface area contributed by atoms with Crippen molar-refractivity contribution < 1.29 is 41.7 Å². The molecule has 0 bridgehead atoms. The summed E-state index contributed by atoms with van der Waals surface area (Å²) in [6, 6.07) is 45.7. The molecule has 0 atom stereocenters. The number of pyridine rings is 1. The maximum absolute atomic E-state index is 12.5. The van der Waals surface area contributed by atoms with Crippen LogP contribution in [0.2, 0.25) is 0 Å². The molecule has 2 saturated carbocycles. The van der Waals surface area contributed by atoms with Gasteiger partial charge in [0.2, 0.25) is 0 Å². The fraction of sp³-hybridized carbons (Fsp3) is 0.422. The van der Waals surface area contributed by atoms with Crippen LogP contribution in [0.25, 0.3) is 16.9 Å². The van der Waals surface area contributed by atoms with Crippen molar-refractivity contribution in [3.63, 3.8) is 0 Å². The summed E-state index contributed by atoms with van der Waals surface area (Å²) in [7, 11) is 0. The third-order valence-corrected chi connectivity index (χ3v) is 17.1. The van der Waals surface area contributed by atoms with Gasteiger partial charge in [0.05, 0.1) is 45.9 Å². The Morgan fingerprint density at radius 1 is 0.426 bits per heavy atom. The van der Waals surface area contributed by atoms with Crippen molar-refractivity contribution in [2.24, 2.45) is 5.92 Å². The number of benzene rings is 6. The van der Waals surface area contributed by atoms with E-state index in [-0.39, 0.29) is 32.6 Å². The van der Waals surface area contributed by atoms with Gasteiger partial charge in [-0.3, -0.25) is 4.98 Å². The Morgan fingerprint density at radius 3 is 1.13 bits per heavy atom. The lowest BCUT2D eigenvalue weighted by atomic mass is 9.85. The van der Waals surface area contributed by atoms with Crippen molar-refractivity contribution in [3.8, 4) is 64.3 Å². The lowest BCUT2D eigenvalue weighted by Crippen LogP contribution is -2.55. The molecule has 0 saturated heterocycles. The molecular formula is C90H113F6N9O3. The number of hydrogen-bond donors (Lipinski definition) is 9. The number of aromatic nitrogens is 3. The van der Waals surface area contributed by atoms with Crippen LogP contribution in [0.4, 0.5) is 60.5 Å². The molecule has 15 N–H and O–H groups in total. The summed E-state index contributed by atoms with van der Waals surface area (Å²) >= 11 is 0. The predicted molar refractivity (Wildman–Crippen MR) is 435 cm³/mol. The molecule has 2 aromatic heterocycles. The van der Waals surface area contributed by atoms with Gasteiger partial charge >= 0.3 is 18.0 Å². The highest BCUT2D eigenvalue weighted by Crippen LogP contribution is 2.43. The highest BCUT2D eigenvalue weighted by Gasteiger charge is 2.70. The molecule has 0 aliphatic heterocycles. The predicted octanol–water partition coefficient (Wildman–Crippen LogP) is 19.4. The molecule has 0 amide bonds. The summed E-state index contributed by atoms with van der Waals surface area (Å²) < 4.78 is 77.1. The zero-order chi connectivity index (χ0) is 81.6. The van der Waals surface area contributed by atoms with E-state index in [1.165, 1.54) is 36.6 Å². The van der Waals surface area contributed by atoms with Crippen molar-refractivity contribution in [3.05, 3.63) is 208 Å². The van der Waals surface area contributed by atoms with Crippen LogP contribution in [0.5, 0.6) is 0 Å². The third kappa shape index (κ3) is 27.4. The largest absolute Gasteiger partial charge is 0.438 e. The normalized spacial score (nSPS) is 13.5. The van der Waals surface area contributed by atoms with Crippen LogP contribution in [-0.2, 0) is 32.5 Å². The Hall–Kier alpha value is -9.82. The zero-order valence-electron chi connectivity index (χ0n) is 66.7. The average Bonchev–Trinajstić information content (AvgIpc) is 1.21. The highest BCUT2D eigenvalue weighted by atomic mass is 19.4. The molecular weight excluding hydrogens is 1370 g/mol. The number of rotatable bonds is 4. The first-order valence-corrected chi connectivity index (χ1v) is 36.1. The number of para-hydroxylation sites is 1. The lowest BCUT2D eigenvalue weighted by molar-refractivity contribution is -0.343. The fourth-order valence-corrected chi connectivity index (χ4v) is 10.6. The van der Waals surface area contributed by atoms with Crippen LogP contribution >= 0.6 is 0 Å². The number of alkyl halides is 6. The summed E-state index contributed by atoms with van der Waals surface area (Å²) in [6.45, 7) is 40.7. The van der Waals surface area contributed by atoms with E-state index in [4.69, 9.17) is 39.5 Å². The molecule has 18 heteroatoms. The number of aliphatic hydroxyl groups is 3. The van der Waals surface area contributed by atoms with Crippen molar-refractivity contribution in [1.82, 2.24) is 14.8 Å². The molecule has 2 heterocycles. The number of nitrogen functional groups attached to an aromatic ring is 6. The minimum atomic E-state index is -5.97. The first-order valence-electron chi connectivity index (χ1n) is 36.1. The van der Waals surface area contributed by atoms with Gasteiger partial charge < -0.3 is 49.7 Å². The molecule has 0 unspecified atom stereocenters.